The first-order valence-electron chi connectivity index (χ1n) is 6.69. The third-order valence-corrected chi connectivity index (χ3v) is 3.38. The Bertz CT molecular complexity index is 814. The predicted molar refractivity (Wildman–Crippen MR) is 85.5 cm³/mol. The molecule has 0 saturated carbocycles. The predicted octanol–water partition coefficient (Wildman–Crippen LogP) is 3.48. The van der Waals surface area contributed by atoms with Crippen molar-refractivity contribution in [1.29, 1.82) is 0 Å². The van der Waals surface area contributed by atoms with Gasteiger partial charge in [-0.15, -0.1) is 5.10 Å². The summed E-state index contributed by atoms with van der Waals surface area (Å²) in [5, 5.41) is 11.7. The molecule has 1 heterocycles. The van der Waals surface area contributed by atoms with Crippen molar-refractivity contribution in [2.24, 2.45) is 0 Å². The molecule has 0 fully saturated rings. The van der Waals surface area contributed by atoms with Crippen LogP contribution in [-0.4, -0.2) is 20.9 Å². The van der Waals surface area contributed by atoms with Gasteiger partial charge in [0.25, 0.3) is 5.91 Å². The summed E-state index contributed by atoms with van der Waals surface area (Å²) < 4.78 is 0. The topological polar surface area (TPSA) is 59.8 Å². The van der Waals surface area contributed by atoms with Crippen LogP contribution in [0.2, 0.25) is 5.02 Å². The third-order valence-electron chi connectivity index (χ3n) is 3.15. The standard InChI is InChI=1S/C16H13ClN4O/c1-11-9-12(17)7-8-14(11)19-16(22)15-10-18-21(20-15)13-5-3-2-4-6-13/h2-10H,1H3,(H,19,22). The van der Waals surface area contributed by atoms with E-state index < -0.39 is 0 Å². The molecule has 0 radical (unpaired) electrons. The number of carbonyl (C=O) groups excluding carboxylic acids is 1. The zero-order valence-corrected chi connectivity index (χ0v) is 12.6. The van der Waals surface area contributed by atoms with Crippen molar-refractivity contribution >= 4 is 23.2 Å². The van der Waals surface area contributed by atoms with Gasteiger partial charge in [0.2, 0.25) is 0 Å². The Morgan fingerprint density at radius 1 is 1.18 bits per heavy atom. The largest absolute Gasteiger partial charge is 0.320 e. The highest BCUT2D eigenvalue weighted by atomic mass is 35.5. The first kappa shape index (κ1) is 14.3. The number of para-hydroxylation sites is 1. The molecule has 0 aliphatic heterocycles. The Balaban J connectivity index is 1.80. The fourth-order valence-electron chi connectivity index (χ4n) is 2.01. The lowest BCUT2D eigenvalue weighted by Gasteiger charge is -2.06. The first-order chi connectivity index (χ1) is 10.6. The Labute approximate surface area is 132 Å². The lowest BCUT2D eigenvalue weighted by molar-refractivity contribution is 0.102. The molecule has 2 aromatic carbocycles. The van der Waals surface area contributed by atoms with E-state index in [1.54, 1.807) is 18.2 Å². The van der Waals surface area contributed by atoms with Crippen LogP contribution in [0.25, 0.3) is 5.69 Å². The number of hydrogen-bond donors (Lipinski definition) is 1. The van der Waals surface area contributed by atoms with E-state index >= 15 is 0 Å². The van der Waals surface area contributed by atoms with E-state index in [4.69, 9.17) is 11.6 Å². The zero-order chi connectivity index (χ0) is 15.5. The molecule has 5 nitrogen and oxygen atoms in total. The van der Waals surface area contributed by atoms with E-state index in [-0.39, 0.29) is 11.6 Å². The van der Waals surface area contributed by atoms with Gasteiger partial charge < -0.3 is 5.32 Å². The number of aromatic nitrogens is 3. The summed E-state index contributed by atoms with van der Waals surface area (Å²) >= 11 is 5.90. The number of nitrogens with zero attached hydrogens (tertiary/aromatic N) is 3. The summed E-state index contributed by atoms with van der Waals surface area (Å²) in [6.45, 7) is 1.88. The number of anilines is 1. The normalized spacial score (nSPS) is 10.5. The molecule has 110 valence electrons. The van der Waals surface area contributed by atoms with Crippen molar-refractivity contribution in [1.82, 2.24) is 15.0 Å². The molecule has 0 aliphatic rings. The fourth-order valence-corrected chi connectivity index (χ4v) is 2.23. The van der Waals surface area contributed by atoms with E-state index in [9.17, 15) is 4.79 Å². The van der Waals surface area contributed by atoms with Crippen LogP contribution < -0.4 is 5.32 Å². The van der Waals surface area contributed by atoms with Crippen LogP contribution in [0.1, 0.15) is 16.1 Å². The summed E-state index contributed by atoms with van der Waals surface area (Å²) in [6, 6.07) is 14.7. The fraction of sp³-hybridized carbons (Fsp3) is 0.0625. The number of carbonyl (C=O) groups is 1. The number of hydrogen-bond acceptors (Lipinski definition) is 3. The molecule has 3 aromatic rings. The van der Waals surface area contributed by atoms with Crippen LogP contribution in [0.5, 0.6) is 0 Å². The van der Waals surface area contributed by atoms with Crippen LogP contribution >= 0.6 is 11.6 Å². The Kier molecular flexibility index (Phi) is 3.89. The average molecular weight is 313 g/mol. The highest BCUT2D eigenvalue weighted by Crippen LogP contribution is 2.20. The number of amides is 1. The summed E-state index contributed by atoms with van der Waals surface area (Å²) in [5.41, 5.74) is 2.63. The molecule has 1 N–H and O–H groups in total. The number of nitrogens with one attached hydrogen (secondary N) is 1. The number of rotatable bonds is 3. The van der Waals surface area contributed by atoms with Gasteiger partial charge in [0.15, 0.2) is 5.69 Å². The van der Waals surface area contributed by atoms with Gasteiger partial charge in [0.05, 0.1) is 11.9 Å². The monoisotopic (exact) mass is 312 g/mol. The Hall–Kier alpha value is -2.66. The van der Waals surface area contributed by atoms with Crippen LogP contribution in [0, 0.1) is 6.92 Å². The summed E-state index contributed by atoms with van der Waals surface area (Å²) in [6.07, 6.45) is 1.44. The smallest absolute Gasteiger partial charge is 0.277 e. The van der Waals surface area contributed by atoms with Gasteiger partial charge in [-0.25, -0.2) is 0 Å². The van der Waals surface area contributed by atoms with Crippen molar-refractivity contribution < 1.29 is 4.79 Å². The molecular weight excluding hydrogens is 300 g/mol. The molecular formula is C16H13ClN4O. The zero-order valence-electron chi connectivity index (χ0n) is 11.8. The van der Waals surface area contributed by atoms with E-state index in [1.165, 1.54) is 11.0 Å². The van der Waals surface area contributed by atoms with Gasteiger partial charge in [-0.3, -0.25) is 4.79 Å². The van der Waals surface area contributed by atoms with E-state index in [1.807, 2.05) is 37.3 Å². The molecule has 0 saturated heterocycles. The molecule has 0 bridgehead atoms. The van der Waals surface area contributed by atoms with Crippen molar-refractivity contribution in [2.45, 2.75) is 6.92 Å². The van der Waals surface area contributed by atoms with Crippen molar-refractivity contribution in [3.8, 4) is 5.69 Å². The van der Waals surface area contributed by atoms with Gasteiger partial charge >= 0.3 is 0 Å². The van der Waals surface area contributed by atoms with Crippen LogP contribution in [0.15, 0.2) is 54.7 Å². The minimum atomic E-state index is -0.312. The van der Waals surface area contributed by atoms with Gasteiger partial charge in [0, 0.05) is 10.7 Å². The van der Waals surface area contributed by atoms with E-state index in [0.717, 1.165) is 11.3 Å². The maximum atomic E-state index is 12.2. The Morgan fingerprint density at radius 3 is 2.68 bits per heavy atom. The second kappa shape index (κ2) is 5.99. The van der Waals surface area contributed by atoms with Crippen LogP contribution in [0.4, 0.5) is 5.69 Å². The molecule has 1 amide bonds. The van der Waals surface area contributed by atoms with Gasteiger partial charge in [-0.05, 0) is 42.8 Å². The number of halogens is 1. The van der Waals surface area contributed by atoms with Gasteiger partial charge in [-0.2, -0.15) is 9.90 Å². The summed E-state index contributed by atoms with van der Waals surface area (Å²) in [5.74, 6) is -0.312. The number of benzene rings is 2. The summed E-state index contributed by atoms with van der Waals surface area (Å²) in [7, 11) is 0. The van der Waals surface area contributed by atoms with E-state index in [0.29, 0.717) is 10.7 Å². The quantitative estimate of drug-likeness (QED) is 0.805. The van der Waals surface area contributed by atoms with E-state index in [2.05, 4.69) is 15.5 Å². The molecule has 3 rings (SSSR count). The van der Waals surface area contributed by atoms with Gasteiger partial charge in [-0.1, -0.05) is 29.8 Å². The molecule has 6 heteroatoms. The SMILES string of the molecule is Cc1cc(Cl)ccc1NC(=O)c1cnn(-c2ccccc2)n1. The van der Waals surface area contributed by atoms with Crippen molar-refractivity contribution in [3.63, 3.8) is 0 Å². The maximum absolute atomic E-state index is 12.2. The van der Waals surface area contributed by atoms with Crippen molar-refractivity contribution in [2.75, 3.05) is 5.32 Å². The molecule has 1 aromatic heterocycles. The lowest BCUT2D eigenvalue weighted by atomic mass is 10.2. The second-order valence-electron chi connectivity index (χ2n) is 4.77. The number of aryl methyl sites for hydroxylation is 1. The highest BCUT2D eigenvalue weighted by Gasteiger charge is 2.12. The van der Waals surface area contributed by atoms with Crippen molar-refractivity contribution in [3.05, 3.63) is 71.0 Å². The first-order valence-corrected chi connectivity index (χ1v) is 7.06. The molecule has 22 heavy (non-hydrogen) atoms. The van der Waals surface area contributed by atoms with Crippen LogP contribution in [0.3, 0.4) is 0 Å². The van der Waals surface area contributed by atoms with Gasteiger partial charge in [0.1, 0.15) is 0 Å². The molecule has 0 atom stereocenters. The minimum absolute atomic E-state index is 0.248. The summed E-state index contributed by atoms with van der Waals surface area (Å²) in [4.78, 5) is 13.7. The second-order valence-corrected chi connectivity index (χ2v) is 5.20. The highest BCUT2D eigenvalue weighted by molar-refractivity contribution is 6.30. The van der Waals surface area contributed by atoms with Crippen LogP contribution in [-0.2, 0) is 0 Å². The lowest BCUT2D eigenvalue weighted by Crippen LogP contribution is -2.14. The molecule has 0 aliphatic carbocycles. The maximum Gasteiger partial charge on any atom is 0.277 e. The average Bonchev–Trinajstić information content (AvgIpc) is 3.01. The molecule has 0 spiro atoms. The molecule has 0 unspecified atom stereocenters. The Morgan fingerprint density at radius 2 is 1.95 bits per heavy atom. The third kappa shape index (κ3) is 2.99. The minimum Gasteiger partial charge on any atom is -0.320 e.